The molecule has 4 nitrogen and oxygen atoms in total. The largest absolute Gasteiger partial charge is 0.496 e. The number of hydrogen-bond donors (Lipinski definition) is 0. The monoisotopic (exact) mass is 500 g/mol. The van der Waals surface area contributed by atoms with Gasteiger partial charge in [-0.1, -0.05) is 24.3 Å². The summed E-state index contributed by atoms with van der Waals surface area (Å²) in [6, 6.07) is 20.8. The van der Waals surface area contributed by atoms with Gasteiger partial charge in [-0.3, -0.25) is 4.79 Å². The Hall–Kier alpha value is -2.80. The molecule has 5 heteroatoms. The predicted molar refractivity (Wildman–Crippen MR) is 123 cm³/mol. The predicted octanol–water partition coefficient (Wildman–Crippen LogP) is 5.78. The number of benzene rings is 3. The van der Waals surface area contributed by atoms with Crippen LogP contribution >= 0.6 is 22.6 Å². The van der Waals surface area contributed by atoms with Crippen molar-refractivity contribution in [2.75, 3.05) is 14.2 Å². The van der Waals surface area contributed by atoms with E-state index in [2.05, 4.69) is 22.6 Å². The molecule has 0 unspecified atom stereocenters. The number of ether oxygens (including phenoxy) is 3. The van der Waals surface area contributed by atoms with E-state index in [9.17, 15) is 4.79 Å². The van der Waals surface area contributed by atoms with Crippen LogP contribution in [0.5, 0.6) is 17.2 Å². The van der Waals surface area contributed by atoms with E-state index in [-0.39, 0.29) is 5.78 Å². The van der Waals surface area contributed by atoms with E-state index in [1.54, 1.807) is 38.5 Å². The molecule has 0 radical (unpaired) electrons. The van der Waals surface area contributed by atoms with E-state index in [1.807, 2.05) is 54.6 Å². The van der Waals surface area contributed by atoms with Gasteiger partial charge in [-0.2, -0.15) is 0 Å². The topological polar surface area (TPSA) is 44.8 Å². The SMILES string of the molecule is COc1ccc(/C=C/C(=O)c2ccccc2OC)cc1COc1ccc(I)cc1. The Labute approximate surface area is 184 Å². The van der Waals surface area contributed by atoms with Crippen molar-refractivity contribution < 1.29 is 19.0 Å². The molecule has 0 aliphatic rings. The minimum atomic E-state index is -0.116. The smallest absolute Gasteiger partial charge is 0.189 e. The van der Waals surface area contributed by atoms with Gasteiger partial charge < -0.3 is 14.2 Å². The summed E-state index contributed by atoms with van der Waals surface area (Å²) in [4.78, 5) is 12.5. The van der Waals surface area contributed by atoms with Gasteiger partial charge in [0.05, 0.1) is 19.8 Å². The van der Waals surface area contributed by atoms with Crippen molar-refractivity contribution in [3.63, 3.8) is 0 Å². The fourth-order valence-electron chi connectivity index (χ4n) is 2.82. The summed E-state index contributed by atoms with van der Waals surface area (Å²) < 4.78 is 17.7. The molecule has 0 amide bonds. The Morgan fingerprint density at radius 3 is 2.38 bits per heavy atom. The average molecular weight is 500 g/mol. The van der Waals surface area contributed by atoms with Gasteiger partial charge in [-0.15, -0.1) is 0 Å². The van der Waals surface area contributed by atoms with Crippen LogP contribution in [0.4, 0.5) is 0 Å². The first kappa shape index (κ1) is 20.9. The van der Waals surface area contributed by atoms with Gasteiger partial charge in [0.1, 0.15) is 23.9 Å². The highest BCUT2D eigenvalue weighted by Gasteiger charge is 2.09. The first-order chi connectivity index (χ1) is 14.1. The maximum Gasteiger partial charge on any atom is 0.189 e. The molecule has 0 aliphatic carbocycles. The van der Waals surface area contributed by atoms with E-state index < -0.39 is 0 Å². The van der Waals surface area contributed by atoms with Gasteiger partial charge >= 0.3 is 0 Å². The normalized spacial score (nSPS) is 10.7. The van der Waals surface area contributed by atoms with E-state index in [0.717, 1.165) is 26.2 Å². The van der Waals surface area contributed by atoms with Crippen molar-refractivity contribution in [2.24, 2.45) is 0 Å². The number of carbonyl (C=O) groups is 1. The van der Waals surface area contributed by atoms with Gasteiger partial charge in [0, 0.05) is 9.13 Å². The van der Waals surface area contributed by atoms with Crippen molar-refractivity contribution in [2.45, 2.75) is 6.61 Å². The second kappa shape index (κ2) is 10.1. The molecule has 3 rings (SSSR count). The highest BCUT2D eigenvalue weighted by Crippen LogP contribution is 2.24. The lowest BCUT2D eigenvalue weighted by Crippen LogP contribution is -2.00. The molecule has 0 fully saturated rings. The average Bonchev–Trinajstić information content (AvgIpc) is 2.77. The van der Waals surface area contributed by atoms with Crippen LogP contribution in [-0.4, -0.2) is 20.0 Å². The summed E-state index contributed by atoms with van der Waals surface area (Å²) in [6.07, 6.45) is 3.33. The lowest BCUT2D eigenvalue weighted by atomic mass is 10.1. The van der Waals surface area contributed by atoms with Gasteiger partial charge in [-0.25, -0.2) is 0 Å². The number of ketones is 1. The minimum Gasteiger partial charge on any atom is -0.496 e. The Balaban J connectivity index is 1.76. The Morgan fingerprint density at radius 2 is 1.66 bits per heavy atom. The molecule has 0 atom stereocenters. The molecule has 0 aliphatic heterocycles. The van der Waals surface area contributed by atoms with Crippen LogP contribution in [0.1, 0.15) is 21.5 Å². The summed E-state index contributed by atoms with van der Waals surface area (Å²) in [5, 5.41) is 0. The lowest BCUT2D eigenvalue weighted by molar-refractivity contribution is 0.104. The van der Waals surface area contributed by atoms with Gasteiger partial charge in [-0.05, 0) is 82.8 Å². The third kappa shape index (κ3) is 5.60. The van der Waals surface area contributed by atoms with Crippen molar-refractivity contribution in [1.29, 1.82) is 0 Å². The van der Waals surface area contributed by atoms with Gasteiger partial charge in [0.2, 0.25) is 0 Å². The zero-order valence-electron chi connectivity index (χ0n) is 16.2. The van der Waals surface area contributed by atoms with Crippen LogP contribution in [0, 0.1) is 3.57 Å². The maximum absolute atomic E-state index is 12.5. The second-order valence-corrected chi connectivity index (χ2v) is 7.46. The van der Waals surface area contributed by atoms with E-state index in [1.165, 1.54) is 0 Å². The van der Waals surface area contributed by atoms with Crippen molar-refractivity contribution in [1.82, 2.24) is 0 Å². The summed E-state index contributed by atoms with van der Waals surface area (Å²) in [5.74, 6) is 1.97. The van der Waals surface area contributed by atoms with Crippen LogP contribution in [0.25, 0.3) is 6.08 Å². The molecule has 0 saturated heterocycles. The van der Waals surface area contributed by atoms with Gasteiger partial charge in [0.15, 0.2) is 5.78 Å². The number of methoxy groups -OCH3 is 2. The molecule has 0 aromatic heterocycles. The number of para-hydroxylation sites is 1. The molecule has 29 heavy (non-hydrogen) atoms. The molecule has 0 bridgehead atoms. The Kier molecular flexibility index (Phi) is 7.30. The fourth-order valence-corrected chi connectivity index (χ4v) is 3.18. The third-order valence-electron chi connectivity index (χ3n) is 4.31. The number of rotatable bonds is 8. The summed E-state index contributed by atoms with van der Waals surface area (Å²) in [6.45, 7) is 0.367. The quantitative estimate of drug-likeness (QED) is 0.223. The van der Waals surface area contributed by atoms with Crippen LogP contribution in [0.2, 0.25) is 0 Å². The van der Waals surface area contributed by atoms with Crippen LogP contribution in [-0.2, 0) is 6.61 Å². The van der Waals surface area contributed by atoms with E-state index in [0.29, 0.717) is 17.9 Å². The first-order valence-electron chi connectivity index (χ1n) is 9.01. The van der Waals surface area contributed by atoms with Crippen LogP contribution in [0.15, 0.2) is 72.8 Å². The molecule has 0 saturated carbocycles. The number of carbonyl (C=O) groups excluding carboxylic acids is 1. The van der Waals surface area contributed by atoms with Crippen LogP contribution in [0.3, 0.4) is 0 Å². The molecule has 3 aromatic rings. The Morgan fingerprint density at radius 1 is 0.931 bits per heavy atom. The molecular formula is C24H21IO4. The fraction of sp³-hybridized carbons (Fsp3) is 0.125. The Bertz CT molecular complexity index is 1010. The number of halogens is 1. The number of allylic oxidation sites excluding steroid dienone is 1. The summed E-state index contributed by atoms with van der Waals surface area (Å²) in [5.41, 5.74) is 2.32. The molecular weight excluding hydrogens is 479 g/mol. The second-order valence-electron chi connectivity index (χ2n) is 6.21. The first-order valence-corrected chi connectivity index (χ1v) is 10.1. The standard InChI is InChI=1S/C24H21IO4/c1-27-23-14-8-17(7-13-22(26)21-5-3-4-6-24(21)28-2)15-18(23)16-29-20-11-9-19(25)10-12-20/h3-15H,16H2,1-2H3/b13-7+. The molecule has 3 aromatic carbocycles. The van der Waals surface area contributed by atoms with Crippen molar-refractivity contribution in [3.05, 3.63) is 93.1 Å². The molecule has 0 N–H and O–H groups in total. The maximum atomic E-state index is 12.5. The van der Waals surface area contributed by atoms with E-state index >= 15 is 0 Å². The zero-order valence-corrected chi connectivity index (χ0v) is 18.4. The summed E-state index contributed by atoms with van der Waals surface area (Å²) in [7, 11) is 3.18. The molecule has 148 valence electrons. The minimum absolute atomic E-state index is 0.116. The van der Waals surface area contributed by atoms with Gasteiger partial charge in [0.25, 0.3) is 0 Å². The molecule has 0 heterocycles. The summed E-state index contributed by atoms with van der Waals surface area (Å²) >= 11 is 2.26. The highest BCUT2D eigenvalue weighted by molar-refractivity contribution is 14.1. The molecule has 0 spiro atoms. The van der Waals surface area contributed by atoms with Crippen LogP contribution < -0.4 is 14.2 Å². The van der Waals surface area contributed by atoms with Crippen molar-refractivity contribution in [3.8, 4) is 17.2 Å². The third-order valence-corrected chi connectivity index (χ3v) is 5.03. The number of hydrogen-bond acceptors (Lipinski definition) is 4. The zero-order chi connectivity index (χ0) is 20.6. The van der Waals surface area contributed by atoms with E-state index in [4.69, 9.17) is 14.2 Å². The lowest BCUT2D eigenvalue weighted by Gasteiger charge is -2.11. The van der Waals surface area contributed by atoms with Crippen molar-refractivity contribution >= 4 is 34.5 Å². The highest BCUT2D eigenvalue weighted by atomic mass is 127.